The zero-order chi connectivity index (χ0) is 56.1. The van der Waals surface area contributed by atoms with Crippen molar-refractivity contribution in [3.8, 4) is 22.5 Å². The van der Waals surface area contributed by atoms with Gasteiger partial charge in [-0.2, -0.15) is 0 Å². The molecule has 2 N–H and O–H groups in total. The first kappa shape index (κ1) is 56.0. The molecule has 2 amide bonds. The fourth-order valence-corrected chi connectivity index (χ4v) is 14.1. The fraction of sp³-hybridized carbons (Fsp3) is 0.600. The van der Waals surface area contributed by atoms with Crippen molar-refractivity contribution in [2.24, 2.45) is 17.3 Å². The van der Waals surface area contributed by atoms with Gasteiger partial charge in [0.2, 0.25) is 5.91 Å². The summed E-state index contributed by atoms with van der Waals surface area (Å²) in [6.45, 7) is 16.3. The molecule has 4 aromatic heterocycles. The van der Waals surface area contributed by atoms with Crippen LogP contribution >= 0.6 is 11.3 Å². The van der Waals surface area contributed by atoms with Crippen LogP contribution in [0, 0.1) is 28.9 Å². The van der Waals surface area contributed by atoms with Crippen LogP contribution in [0.3, 0.4) is 0 Å². The molecular weight excluding hydrogens is 1060 g/mol. The Bertz CT molecular complexity index is 3120. The number of esters is 1. The molecule has 7 atom stereocenters. The van der Waals surface area contributed by atoms with Crippen LogP contribution in [0.5, 0.6) is 0 Å². The van der Waals surface area contributed by atoms with Crippen LogP contribution in [0.25, 0.3) is 33.4 Å². The number of nitrogens with one attached hydrogen (secondary N) is 2. The van der Waals surface area contributed by atoms with Crippen LogP contribution < -0.4 is 15.6 Å². The summed E-state index contributed by atoms with van der Waals surface area (Å²) in [6.07, 6.45) is 8.38. The number of ether oxygens (including phenoxy) is 5. The summed E-state index contributed by atoms with van der Waals surface area (Å²) in [7, 11) is 1.72. The number of nitrogens with zero attached hydrogens (tertiary/aromatic N) is 8. The van der Waals surface area contributed by atoms with Gasteiger partial charge in [-0.3, -0.25) is 39.2 Å². The van der Waals surface area contributed by atoms with Gasteiger partial charge in [0.15, 0.2) is 0 Å². The van der Waals surface area contributed by atoms with Gasteiger partial charge in [-0.05, 0) is 81.5 Å². The minimum absolute atomic E-state index is 0.00955. The van der Waals surface area contributed by atoms with Gasteiger partial charge in [-0.1, -0.05) is 26.8 Å². The van der Waals surface area contributed by atoms with Gasteiger partial charge < -0.3 is 38.5 Å². The van der Waals surface area contributed by atoms with Gasteiger partial charge in [-0.15, -0.1) is 11.3 Å². The molecular formula is C60H76F2N10O8S. The van der Waals surface area contributed by atoms with Crippen molar-refractivity contribution in [3.05, 3.63) is 81.7 Å². The number of hydrogen-bond donors (Lipinski definition) is 2. The number of morpholine rings is 1. The second kappa shape index (κ2) is 23.6. The number of anilines is 1. The number of fused-ring (bicyclic) bond motifs is 6. The van der Waals surface area contributed by atoms with Crippen molar-refractivity contribution in [2.75, 3.05) is 97.5 Å². The number of hydrazine groups is 1. The Morgan fingerprint density at radius 3 is 2.47 bits per heavy atom. The van der Waals surface area contributed by atoms with Crippen LogP contribution in [0.2, 0.25) is 0 Å². The van der Waals surface area contributed by atoms with E-state index in [9.17, 15) is 14.0 Å². The standard InChI is InChI=1S/C60H76F2N10O8S/c1-35-49(52-45(62)28-38(61)31-63-52)50(35)56(73)66-53-55(70-19-24-78-25-20-70)57-65-47(33-81-57)37-8-11-48-42(27-37)44(30-60(3,4)34-80-59(75)46-7-6-14-72(67-46)58(53)74)54(71(48)21-26-79-41-12-22-77-23-13-41)43-29-40(32-64-51(43)36(2)76-5)69-17-15-68(16-18-69)39-9-10-39/h8,11,27-29,31-33,35-36,39,41,46,49-50,53,55,67H,6-7,9-10,12-26,30,34H2,1-5H3,(H,66,73)/t35-,36-,46-,49+,50+,53-,55-/m0/s1. The molecule has 0 unspecified atom stereocenters. The summed E-state index contributed by atoms with van der Waals surface area (Å²) < 4.78 is 62.3. The SMILES string of the molecule is CO[C@@H](C)c1ncc(N2CCN(C3CC3)CC2)cc1-c1c2c3cc(ccc3n1CCOC1CCOCC1)-c1csc(n1)[C@@H](N1CCOCC1)[C@H](NC(=O)[C@@H]1[C@@H](C)[C@H]1c1ncc(F)cc1F)C(=O)N1CCC[C@H](N1)C(=O)OCC(C)(C)C2. The highest BCUT2D eigenvalue weighted by Gasteiger charge is 2.56. The number of rotatable bonds is 13. The molecule has 5 aromatic rings. The zero-order valence-electron chi connectivity index (χ0n) is 47.2. The predicted octanol–water partition coefficient (Wildman–Crippen LogP) is 7.22. The summed E-state index contributed by atoms with van der Waals surface area (Å²) in [5.74, 6) is -4.72. The normalized spacial score (nSPS) is 26.6. The Kier molecular flexibility index (Phi) is 16.3. The van der Waals surface area contributed by atoms with Crippen molar-refractivity contribution in [3.63, 3.8) is 0 Å². The average molecular weight is 1140 g/mol. The third-order valence-electron chi connectivity index (χ3n) is 17.9. The zero-order valence-corrected chi connectivity index (χ0v) is 48.0. The number of pyridine rings is 2. The number of methoxy groups -OCH3 is 1. The van der Waals surface area contributed by atoms with E-state index >= 15 is 9.18 Å². The number of thiazole rings is 1. The van der Waals surface area contributed by atoms with Gasteiger partial charge in [0.1, 0.15) is 28.7 Å². The van der Waals surface area contributed by atoms with Gasteiger partial charge in [-0.25, -0.2) is 19.2 Å². The van der Waals surface area contributed by atoms with Gasteiger partial charge in [0, 0.05) is 129 Å². The van der Waals surface area contributed by atoms with Crippen LogP contribution in [-0.2, 0) is 51.0 Å². The number of halogens is 2. The molecule has 1 aromatic carbocycles. The number of piperazine rings is 1. The maximum atomic E-state index is 15.4. The van der Waals surface area contributed by atoms with E-state index in [1.165, 1.54) is 29.2 Å². The average Bonchev–Trinajstić information content (AvgIpc) is 4.56. The smallest absolute Gasteiger partial charge is 0.324 e. The molecule has 81 heavy (non-hydrogen) atoms. The topological polar surface area (TPSA) is 178 Å². The molecule has 6 fully saturated rings. The van der Waals surface area contributed by atoms with Crippen LogP contribution in [0.15, 0.2) is 48.1 Å². The number of amides is 2. The van der Waals surface area contributed by atoms with E-state index in [2.05, 4.69) is 73.1 Å². The van der Waals surface area contributed by atoms with Crippen LogP contribution in [0.1, 0.15) is 106 Å². The molecule has 2 aliphatic carbocycles. The monoisotopic (exact) mass is 1130 g/mol. The maximum Gasteiger partial charge on any atom is 0.324 e. The quantitative estimate of drug-likeness (QED) is 0.113. The summed E-state index contributed by atoms with van der Waals surface area (Å²) >= 11 is 1.42. The minimum atomic E-state index is -1.21. The number of hydrogen-bond acceptors (Lipinski definition) is 16. The van der Waals surface area contributed by atoms with Crippen molar-refractivity contribution in [1.29, 1.82) is 0 Å². The van der Waals surface area contributed by atoms with E-state index in [-0.39, 0.29) is 37.0 Å². The largest absolute Gasteiger partial charge is 0.464 e. The lowest BCUT2D eigenvalue weighted by Crippen LogP contribution is -2.63. The molecule has 6 bridgehead atoms. The van der Waals surface area contributed by atoms with Gasteiger partial charge in [0.25, 0.3) is 5.91 Å². The highest BCUT2D eigenvalue weighted by atomic mass is 32.1. The first-order valence-corrected chi connectivity index (χ1v) is 30.1. The lowest BCUT2D eigenvalue weighted by molar-refractivity contribution is -0.156. The number of cyclic esters (lactones) is 1. The molecule has 12 rings (SSSR count). The molecule has 21 heteroatoms. The molecule has 434 valence electrons. The van der Waals surface area contributed by atoms with Crippen molar-refractivity contribution < 1.29 is 46.8 Å². The Morgan fingerprint density at radius 2 is 1.72 bits per heavy atom. The molecule has 0 spiro atoms. The molecule has 2 saturated carbocycles. The summed E-state index contributed by atoms with van der Waals surface area (Å²) in [5, 5.41) is 8.23. The van der Waals surface area contributed by atoms with Crippen molar-refractivity contribution in [2.45, 2.75) is 121 Å². The van der Waals surface area contributed by atoms with Crippen LogP contribution in [-0.4, -0.2) is 169 Å². The summed E-state index contributed by atoms with van der Waals surface area (Å²) in [4.78, 5) is 66.5. The van der Waals surface area contributed by atoms with E-state index in [1.807, 2.05) is 25.4 Å². The highest BCUT2D eigenvalue weighted by molar-refractivity contribution is 7.10. The lowest BCUT2D eigenvalue weighted by Gasteiger charge is -2.41. The van der Waals surface area contributed by atoms with Crippen molar-refractivity contribution in [1.82, 2.24) is 45.1 Å². The second-order valence-corrected chi connectivity index (χ2v) is 24.9. The predicted molar refractivity (Wildman–Crippen MR) is 301 cm³/mol. The molecule has 7 aliphatic rings. The number of aromatic nitrogens is 4. The first-order chi connectivity index (χ1) is 39.2. The number of carbonyl (C=O) groups excluding carboxylic acids is 3. The highest BCUT2D eigenvalue weighted by Crippen LogP contribution is 2.54. The number of benzene rings is 1. The Labute approximate surface area is 476 Å². The molecule has 18 nitrogen and oxygen atoms in total. The maximum absolute atomic E-state index is 15.4. The van der Waals surface area contributed by atoms with Gasteiger partial charge >= 0.3 is 5.97 Å². The van der Waals surface area contributed by atoms with E-state index in [4.69, 9.17) is 33.7 Å². The summed E-state index contributed by atoms with van der Waals surface area (Å²) in [5.41, 5.74) is 10.1. The first-order valence-electron chi connectivity index (χ1n) is 29.2. The second-order valence-electron chi connectivity index (χ2n) is 24.0. The number of carbonyl (C=O) groups is 3. The fourth-order valence-electron chi connectivity index (χ4n) is 13.1. The van der Waals surface area contributed by atoms with E-state index in [0.717, 1.165) is 96.0 Å². The molecule has 5 aliphatic heterocycles. The Morgan fingerprint density at radius 1 is 0.938 bits per heavy atom. The van der Waals surface area contributed by atoms with E-state index in [0.29, 0.717) is 88.7 Å². The third-order valence-corrected chi connectivity index (χ3v) is 18.8. The summed E-state index contributed by atoms with van der Waals surface area (Å²) in [6, 6.07) is 7.44. The van der Waals surface area contributed by atoms with Crippen molar-refractivity contribution >= 4 is 45.7 Å². The molecule has 4 saturated heterocycles. The molecule has 0 radical (unpaired) electrons. The lowest BCUT2D eigenvalue weighted by atomic mass is 9.84. The van der Waals surface area contributed by atoms with E-state index < -0.39 is 64.8 Å². The Balaban J connectivity index is 0.988. The minimum Gasteiger partial charge on any atom is -0.464 e. The Hall–Kier alpha value is -5.52. The van der Waals surface area contributed by atoms with E-state index in [1.54, 1.807) is 7.11 Å². The third kappa shape index (κ3) is 11.8. The van der Waals surface area contributed by atoms with Crippen LogP contribution in [0.4, 0.5) is 14.5 Å². The molecule has 9 heterocycles. The van der Waals surface area contributed by atoms with Gasteiger partial charge in [0.05, 0.1) is 85.5 Å².